The zero-order valence-corrected chi connectivity index (χ0v) is 20.1. The van der Waals surface area contributed by atoms with Crippen LogP contribution in [0, 0.1) is 0 Å². The molecular weight excluding hydrogens is 450 g/mol. The van der Waals surface area contributed by atoms with Crippen molar-refractivity contribution >= 4 is 29.3 Å². The molecule has 176 valence electrons. The first-order valence-corrected chi connectivity index (χ1v) is 12.4. The zero-order chi connectivity index (χ0) is 23.7. The molecule has 7 nitrogen and oxygen atoms in total. The Morgan fingerprint density at radius 3 is 2.65 bits per heavy atom. The summed E-state index contributed by atoms with van der Waals surface area (Å²) in [4.78, 5) is 33.9. The molecule has 0 bridgehead atoms. The molecule has 1 atom stereocenters. The number of carbonyl (C=O) groups is 1. The SMILES string of the molecule is CCC1=C(C(=O)OC)[C@@H](c2ccccc2)n2c(s/c(=C\c3ccc(N4CCCCC4)o3)c2=O)=N1. The second kappa shape index (κ2) is 9.46. The maximum Gasteiger partial charge on any atom is 0.338 e. The van der Waals surface area contributed by atoms with Gasteiger partial charge in [0.15, 0.2) is 10.7 Å². The summed E-state index contributed by atoms with van der Waals surface area (Å²) in [5, 5.41) is 0. The first-order valence-electron chi connectivity index (χ1n) is 11.6. The van der Waals surface area contributed by atoms with E-state index in [1.165, 1.54) is 24.9 Å². The second-order valence-corrected chi connectivity index (χ2v) is 9.43. The number of piperidine rings is 1. The molecule has 1 saturated heterocycles. The van der Waals surface area contributed by atoms with Gasteiger partial charge in [0.1, 0.15) is 5.76 Å². The molecular formula is C26H27N3O4S. The van der Waals surface area contributed by atoms with E-state index < -0.39 is 12.0 Å². The number of rotatable bonds is 5. The second-order valence-electron chi connectivity index (χ2n) is 8.42. The third kappa shape index (κ3) is 4.03. The van der Waals surface area contributed by atoms with Gasteiger partial charge in [0.25, 0.3) is 5.56 Å². The summed E-state index contributed by atoms with van der Waals surface area (Å²) in [6.07, 6.45) is 5.90. The van der Waals surface area contributed by atoms with Gasteiger partial charge in [-0.2, -0.15) is 0 Å². The first kappa shape index (κ1) is 22.4. The number of methoxy groups -OCH3 is 1. The maximum absolute atomic E-state index is 13.6. The number of nitrogens with zero attached hydrogens (tertiary/aromatic N) is 3. The Morgan fingerprint density at radius 1 is 1.18 bits per heavy atom. The van der Waals surface area contributed by atoms with Gasteiger partial charge in [0.2, 0.25) is 0 Å². The summed E-state index contributed by atoms with van der Waals surface area (Å²) < 4.78 is 13.3. The van der Waals surface area contributed by atoms with Crippen LogP contribution in [0.2, 0.25) is 0 Å². The van der Waals surface area contributed by atoms with Crippen molar-refractivity contribution in [1.82, 2.24) is 4.57 Å². The number of esters is 1. The number of benzene rings is 1. The number of carbonyl (C=O) groups excluding carboxylic acids is 1. The molecule has 0 N–H and O–H groups in total. The van der Waals surface area contributed by atoms with Crippen molar-refractivity contribution in [2.24, 2.45) is 4.99 Å². The lowest BCUT2D eigenvalue weighted by Crippen LogP contribution is -2.40. The molecule has 3 aromatic rings. The van der Waals surface area contributed by atoms with Crippen LogP contribution in [0.15, 0.2) is 67.9 Å². The van der Waals surface area contributed by atoms with Crippen LogP contribution in [0.3, 0.4) is 0 Å². The molecule has 4 heterocycles. The number of aromatic nitrogens is 1. The Morgan fingerprint density at radius 2 is 1.94 bits per heavy atom. The molecule has 5 rings (SSSR count). The number of thiazole rings is 1. The number of ether oxygens (including phenoxy) is 1. The summed E-state index contributed by atoms with van der Waals surface area (Å²) in [6, 6.07) is 12.8. The van der Waals surface area contributed by atoms with E-state index in [0.29, 0.717) is 32.8 Å². The molecule has 0 spiro atoms. The summed E-state index contributed by atoms with van der Waals surface area (Å²) >= 11 is 1.31. The summed E-state index contributed by atoms with van der Waals surface area (Å²) in [7, 11) is 1.35. The van der Waals surface area contributed by atoms with Crippen molar-refractivity contribution in [3.05, 3.63) is 84.7 Å². The van der Waals surface area contributed by atoms with Crippen LogP contribution in [-0.2, 0) is 9.53 Å². The van der Waals surface area contributed by atoms with E-state index in [1.54, 1.807) is 10.6 Å². The van der Waals surface area contributed by atoms with Crippen LogP contribution in [0.25, 0.3) is 6.08 Å². The molecule has 34 heavy (non-hydrogen) atoms. The molecule has 2 aromatic heterocycles. The van der Waals surface area contributed by atoms with E-state index in [-0.39, 0.29) is 5.56 Å². The number of anilines is 1. The highest BCUT2D eigenvalue weighted by molar-refractivity contribution is 7.07. The van der Waals surface area contributed by atoms with E-state index in [0.717, 1.165) is 37.4 Å². The topological polar surface area (TPSA) is 77.0 Å². The molecule has 0 radical (unpaired) electrons. The van der Waals surface area contributed by atoms with Crippen molar-refractivity contribution in [3.8, 4) is 0 Å². The minimum atomic E-state index is -0.595. The quantitative estimate of drug-likeness (QED) is 0.527. The fourth-order valence-electron chi connectivity index (χ4n) is 4.65. The number of hydrogen-bond acceptors (Lipinski definition) is 7. The largest absolute Gasteiger partial charge is 0.466 e. The lowest BCUT2D eigenvalue weighted by molar-refractivity contribution is -0.136. The third-order valence-corrected chi connectivity index (χ3v) is 7.30. The molecule has 2 aliphatic heterocycles. The van der Waals surface area contributed by atoms with Gasteiger partial charge in [0, 0.05) is 25.2 Å². The predicted molar refractivity (Wildman–Crippen MR) is 132 cm³/mol. The predicted octanol–water partition coefficient (Wildman–Crippen LogP) is 3.38. The molecule has 1 aromatic carbocycles. The van der Waals surface area contributed by atoms with Gasteiger partial charge >= 0.3 is 5.97 Å². The van der Waals surface area contributed by atoms with Crippen molar-refractivity contribution in [1.29, 1.82) is 0 Å². The summed E-state index contributed by atoms with van der Waals surface area (Å²) in [5.74, 6) is 0.994. The Kier molecular flexibility index (Phi) is 6.24. The van der Waals surface area contributed by atoms with E-state index in [2.05, 4.69) is 4.90 Å². The van der Waals surface area contributed by atoms with Crippen LogP contribution in [-0.4, -0.2) is 30.7 Å². The van der Waals surface area contributed by atoms with Gasteiger partial charge in [0.05, 0.1) is 29.0 Å². The van der Waals surface area contributed by atoms with Gasteiger partial charge in [-0.25, -0.2) is 9.79 Å². The Bertz CT molecular complexity index is 1410. The molecule has 1 fully saturated rings. The van der Waals surface area contributed by atoms with Crippen molar-refractivity contribution in [3.63, 3.8) is 0 Å². The minimum absolute atomic E-state index is 0.204. The fourth-order valence-corrected chi connectivity index (χ4v) is 5.65. The van der Waals surface area contributed by atoms with Crippen molar-refractivity contribution < 1.29 is 13.9 Å². The number of fused-ring (bicyclic) bond motifs is 1. The van der Waals surface area contributed by atoms with E-state index in [9.17, 15) is 9.59 Å². The van der Waals surface area contributed by atoms with Gasteiger partial charge in [-0.3, -0.25) is 9.36 Å². The van der Waals surface area contributed by atoms with E-state index >= 15 is 0 Å². The number of furan rings is 1. The average molecular weight is 478 g/mol. The number of hydrogen-bond donors (Lipinski definition) is 0. The van der Waals surface area contributed by atoms with Gasteiger partial charge in [-0.15, -0.1) is 0 Å². The van der Waals surface area contributed by atoms with Gasteiger partial charge in [-0.1, -0.05) is 48.6 Å². The van der Waals surface area contributed by atoms with Gasteiger partial charge in [-0.05, 0) is 37.3 Å². The van der Waals surface area contributed by atoms with Crippen LogP contribution < -0.4 is 19.8 Å². The first-order chi connectivity index (χ1) is 16.6. The lowest BCUT2D eigenvalue weighted by atomic mass is 9.95. The van der Waals surface area contributed by atoms with Gasteiger partial charge < -0.3 is 14.1 Å². The van der Waals surface area contributed by atoms with Crippen LogP contribution in [0.4, 0.5) is 5.88 Å². The van der Waals surface area contributed by atoms with E-state index in [1.807, 2.05) is 49.4 Å². The number of allylic oxidation sites excluding steroid dienone is 1. The fraction of sp³-hybridized carbons (Fsp3) is 0.346. The molecule has 0 aliphatic carbocycles. The minimum Gasteiger partial charge on any atom is -0.466 e. The highest BCUT2D eigenvalue weighted by atomic mass is 32.1. The third-order valence-electron chi connectivity index (χ3n) is 6.32. The standard InChI is InChI=1S/C26H27N3O4S/c1-3-19-22(25(31)32-2)23(17-10-6-4-7-11-17)29-24(30)20(34-26(29)27-19)16-18-12-13-21(33-18)28-14-8-5-9-15-28/h4,6-7,10-13,16,23H,3,5,8-9,14-15H2,1-2H3/b20-16-/t23-/m1/s1. The monoisotopic (exact) mass is 477 g/mol. The smallest absolute Gasteiger partial charge is 0.338 e. The highest BCUT2D eigenvalue weighted by Gasteiger charge is 2.33. The van der Waals surface area contributed by atoms with Crippen LogP contribution in [0.5, 0.6) is 0 Å². The van der Waals surface area contributed by atoms with Crippen molar-refractivity contribution in [2.45, 2.75) is 38.6 Å². The normalized spacial score (nSPS) is 18.6. The molecule has 8 heteroatoms. The molecule has 2 aliphatic rings. The van der Waals surface area contributed by atoms with Crippen LogP contribution >= 0.6 is 11.3 Å². The zero-order valence-electron chi connectivity index (χ0n) is 19.3. The Labute approximate surface area is 201 Å². The Hall–Kier alpha value is -3.39. The van der Waals surface area contributed by atoms with Crippen LogP contribution in [0.1, 0.15) is 50.0 Å². The average Bonchev–Trinajstić information content (AvgIpc) is 3.48. The molecule has 0 amide bonds. The highest BCUT2D eigenvalue weighted by Crippen LogP contribution is 2.31. The summed E-state index contributed by atoms with van der Waals surface area (Å²) in [5.41, 5.74) is 1.67. The van der Waals surface area contributed by atoms with E-state index in [4.69, 9.17) is 14.1 Å². The molecule has 0 saturated carbocycles. The summed E-state index contributed by atoms with van der Waals surface area (Å²) in [6.45, 7) is 3.92. The lowest BCUT2D eigenvalue weighted by Gasteiger charge is -2.25. The maximum atomic E-state index is 13.6. The van der Waals surface area contributed by atoms with Crippen molar-refractivity contribution in [2.75, 3.05) is 25.1 Å². The Balaban J connectivity index is 1.63. The molecule has 0 unspecified atom stereocenters.